The second-order valence-corrected chi connectivity index (χ2v) is 0.758. The van der Waals surface area contributed by atoms with Crippen LogP contribution in [0.15, 0.2) is 0 Å². The normalized spacial score (nSPS) is 7.00. The Bertz CT molecular complexity index is 29.9. The Morgan fingerprint density at radius 2 is 1.40 bits per heavy atom. The summed E-state index contributed by atoms with van der Waals surface area (Å²) in [6.07, 6.45) is 0. The maximum Gasteiger partial charge on any atom is 1.00 e. The number of hydrogen-bond acceptors (Lipinski definition) is 1. The van der Waals surface area contributed by atoms with Crippen LogP contribution in [0.4, 0.5) is 0 Å². The van der Waals surface area contributed by atoms with E-state index in [0.29, 0.717) is 0 Å². The maximum absolute atomic E-state index is 8.70. The standard InChI is InChI=1S/Li.H2O3P/c;1-4(2)3/h;(H2,1,2,3)/q+1;-1. The molecule has 0 amide bonds. The quantitative estimate of drug-likeness (QED) is 0.240. The van der Waals surface area contributed by atoms with Gasteiger partial charge in [-0.2, -0.15) is 0 Å². The summed E-state index contributed by atoms with van der Waals surface area (Å²) in [7, 11) is -2.87. The van der Waals surface area contributed by atoms with Gasteiger partial charge in [0.05, 0.1) is 8.25 Å². The van der Waals surface area contributed by atoms with Crippen LogP contribution >= 0.6 is 8.25 Å². The van der Waals surface area contributed by atoms with Gasteiger partial charge in [0, 0.05) is 0 Å². The van der Waals surface area contributed by atoms with Gasteiger partial charge in [0.25, 0.3) is 0 Å². The molecule has 0 heterocycles. The average Bonchev–Trinajstić information content (AvgIpc) is 0.811. The second kappa shape index (κ2) is 4.75. The molecule has 0 bridgehead atoms. The second-order valence-electron chi connectivity index (χ2n) is 0.253. The first-order valence-electron chi connectivity index (χ1n) is 0.583. The summed E-state index contributed by atoms with van der Waals surface area (Å²) in [4.78, 5) is 14.2. The van der Waals surface area contributed by atoms with E-state index in [0.717, 1.165) is 0 Å². The van der Waals surface area contributed by atoms with Crippen molar-refractivity contribution in [2.24, 2.45) is 0 Å². The Balaban J connectivity index is 0. The zero-order valence-corrected chi connectivity index (χ0v) is 3.64. The van der Waals surface area contributed by atoms with Crippen LogP contribution < -0.4 is 18.9 Å². The predicted octanol–water partition coefficient (Wildman–Crippen LogP) is -3.37. The molecular formula is H2LiO3P. The van der Waals surface area contributed by atoms with E-state index in [1.807, 2.05) is 0 Å². The molecule has 5 heteroatoms. The molecule has 0 atom stereocenters. The smallest absolute Gasteiger partial charge is 0.485 e. The van der Waals surface area contributed by atoms with Crippen molar-refractivity contribution >= 4 is 8.25 Å². The van der Waals surface area contributed by atoms with Crippen molar-refractivity contribution in [3.05, 3.63) is 0 Å². The van der Waals surface area contributed by atoms with E-state index >= 15 is 0 Å². The van der Waals surface area contributed by atoms with Crippen molar-refractivity contribution in [2.75, 3.05) is 0 Å². The van der Waals surface area contributed by atoms with Gasteiger partial charge in [-0.05, 0) is 0 Å². The molecule has 5 heavy (non-hydrogen) atoms. The summed E-state index contributed by atoms with van der Waals surface area (Å²) in [6.45, 7) is 0. The van der Waals surface area contributed by atoms with Crippen molar-refractivity contribution < 1.29 is 33.2 Å². The summed E-state index contributed by atoms with van der Waals surface area (Å²) in [6, 6.07) is 0. The van der Waals surface area contributed by atoms with E-state index < -0.39 is 8.25 Å². The molecular weight excluding hydrogens is 85.9 g/mol. The van der Waals surface area contributed by atoms with Gasteiger partial charge in [-0.15, -0.1) is 0 Å². The molecule has 0 saturated carbocycles. The van der Waals surface area contributed by atoms with Gasteiger partial charge < -0.3 is 14.4 Å². The number of hydrogen-bond donors (Lipinski definition) is 2. The van der Waals surface area contributed by atoms with Crippen molar-refractivity contribution in [1.82, 2.24) is 0 Å². The van der Waals surface area contributed by atoms with Crippen molar-refractivity contribution in [3.63, 3.8) is 0 Å². The van der Waals surface area contributed by atoms with Gasteiger partial charge >= 0.3 is 18.9 Å². The Morgan fingerprint density at radius 1 is 1.40 bits per heavy atom. The Morgan fingerprint density at radius 3 is 1.40 bits per heavy atom. The zero-order valence-electron chi connectivity index (χ0n) is 2.75. The molecule has 0 aliphatic rings. The summed E-state index contributed by atoms with van der Waals surface area (Å²) >= 11 is 0. The molecule has 2 N–H and O–H groups in total. The van der Waals surface area contributed by atoms with Gasteiger partial charge in [0.1, 0.15) is 0 Å². The minimum absolute atomic E-state index is 0. The molecule has 0 fully saturated rings. The van der Waals surface area contributed by atoms with Crippen molar-refractivity contribution in [3.8, 4) is 0 Å². The van der Waals surface area contributed by atoms with Crippen LogP contribution in [0.3, 0.4) is 0 Å². The van der Waals surface area contributed by atoms with E-state index in [4.69, 9.17) is 14.4 Å². The van der Waals surface area contributed by atoms with Crippen molar-refractivity contribution in [2.45, 2.75) is 0 Å². The summed E-state index contributed by atoms with van der Waals surface area (Å²) in [5, 5.41) is 0. The molecule has 0 saturated heterocycles. The molecule has 0 aliphatic heterocycles. The third-order valence-electron chi connectivity index (χ3n) is 0. The summed E-state index contributed by atoms with van der Waals surface area (Å²) < 4.78 is 8.70. The minimum atomic E-state index is -2.87. The fourth-order valence-corrected chi connectivity index (χ4v) is 0. The first-order valence-corrected chi connectivity index (χ1v) is 1.75. The summed E-state index contributed by atoms with van der Waals surface area (Å²) in [5.74, 6) is 0. The molecule has 0 unspecified atom stereocenters. The van der Waals surface area contributed by atoms with Crippen LogP contribution in [0, 0.1) is 0 Å². The molecule has 0 radical (unpaired) electrons. The molecule has 3 nitrogen and oxygen atoms in total. The fraction of sp³-hybridized carbons (Fsp3) is 0. The van der Waals surface area contributed by atoms with E-state index in [-0.39, 0.29) is 18.9 Å². The molecule has 0 aliphatic carbocycles. The van der Waals surface area contributed by atoms with Gasteiger partial charge in [-0.25, -0.2) is 0 Å². The first-order chi connectivity index (χ1) is 1.73. The van der Waals surface area contributed by atoms with Gasteiger partial charge in [0.15, 0.2) is 0 Å². The maximum atomic E-state index is 8.70. The molecule has 0 aromatic carbocycles. The largest absolute Gasteiger partial charge is 1.00 e. The topological polar surface area (TPSA) is 57.5 Å². The third kappa shape index (κ3) is 64.1. The predicted molar refractivity (Wildman–Crippen MR) is 12.0 cm³/mol. The van der Waals surface area contributed by atoms with Crippen LogP contribution in [0.25, 0.3) is 0 Å². The monoisotopic (exact) mass is 88.0 g/mol. The van der Waals surface area contributed by atoms with E-state index in [1.165, 1.54) is 0 Å². The van der Waals surface area contributed by atoms with Gasteiger partial charge in [-0.1, -0.05) is 0 Å². The van der Waals surface area contributed by atoms with Crippen LogP contribution in [0.1, 0.15) is 0 Å². The number of rotatable bonds is 0. The molecule has 0 spiro atoms. The average molecular weight is 87.9 g/mol. The molecule has 26 valence electrons. The third-order valence-corrected chi connectivity index (χ3v) is 0. The Kier molecular flexibility index (Phi) is 8.76. The zero-order chi connectivity index (χ0) is 3.58. The SMILES string of the molecule is O=[P-](O)O.[Li+]. The van der Waals surface area contributed by atoms with E-state index in [2.05, 4.69) is 0 Å². The van der Waals surface area contributed by atoms with Gasteiger partial charge in [0.2, 0.25) is 0 Å². The van der Waals surface area contributed by atoms with Crippen molar-refractivity contribution in [1.29, 1.82) is 0 Å². The molecule has 0 aromatic rings. The molecule has 0 aromatic heterocycles. The Hall–Kier alpha value is 0.747. The van der Waals surface area contributed by atoms with E-state index in [1.54, 1.807) is 0 Å². The van der Waals surface area contributed by atoms with Crippen LogP contribution in [0.5, 0.6) is 0 Å². The van der Waals surface area contributed by atoms with Gasteiger partial charge in [-0.3, -0.25) is 0 Å². The minimum Gasteiger partial charge on any atom is -0.485 e. The first kappa shape index (κ1) is 9.22. The molecule has 0 rings (SSSR count). The Labute approximate surface area is 42.1 Å². The summed E-state index contributed by atoms with van der Waals surface area (Å²) in [5.41, 5.74) is 0. The van der Waals surface area contributed by atoms with E-state index in [9.17, 15) is 0 Å². The van der Waals surface area contributed by atoms with Crippen LogP contribution in [-0.4, -0.2) is 9.79 Å². The van der Waals surface area contributed by atoms with Crippen LogP contribution in [-0.2, 0) is 4.57 Å². The van der Waals surface area contributed by atoms with Crippen LogP contribution in [0.2, 0.25) is 0 Å². The fourth-order valence-electron chi connectivity index (χ4n) is 0.